The van der Waals surface area contributed by atoms with Crippen LogP contribution in [0, 0.1) is 11.8 Å². The van der Waals surface area contributed by atoms with E-state index in [-0.39, 0.29) is 5.38 Å². The topological polar surface area (TPSA) is 40.6 Å². The highest BCUT2D eigenvalue weighted by atomic mass is 35.5. The fourth-order valence-corrected chi connectivity index (χ4v) is 4.64. The molecule has 0 aromatic heterocycles. The van der Waals surface area contributed by atoms with Crippen LogP contribution in [0.15, 0.2) is 0 Å². The molecular formula is C12H23ClN2O2S. The Morgan fingerprint density at radius 3 is 2.11 bits per heavy atom. The van der Waals surface area contributed by atoms with Gasteiger partial charge in [0, 0.05) is 26.2 Å². The molecule has 0 bridgehead atoms. The van der Waals surface area contributed by atoms with E-state index in [1.807, 2.05) is 0 Å². The summed E-state index contributed by atoms with van der Waals surface area (Å²) in [7, 11) is -3.28. The predicted octanol–water partition coefficient (Wildman–Crippen LogP) is 1.91. The Balaban J connectivity index is 2.02. The van der Waals surface area contributed by atoms with Gasteiger partial charge in [0.05, 0.1) is 5.38 Å². The molecule has 2 saturated heterocycles. The van der Waals surface area contributed by atoms with Crippen LogP contribution in [0.1, 0.15) is 33.1 Å². The lowest BCUT2D eigenvalue weighted by Crippen LogP contribution is -2.51. The second-order valence-electron chi connectivity index (χ2n) is 5.73. The molecule has 0 amide bonds. The zero-order valence-electron chi connectivity index (χ0n) is 11.2. The summed E-state index contributed by atoms with van der Waals surface area (Å²) in [6, 6.07) is 0. The highest BCUT2D eigenvalue weighted by Crippen LogP contribution is 2.27. The van der Waals surface area contributed by atoms with Gasteiger partial charge in [-0.1, -0.05) is 13.8 Å². The van der Waals surface area contributed by atoms with Gasteiger partial charge in [0.1, 0.15) is 0 Å². The van der Waals surface area contributed by atoms with E-state index in [1.165, 1.54) is 0 Å². The summed E-state index contributed by atoms with van der Waals surface area (Å²) in [5.74, 6) is 1.04. The van der Waals surface area contributed by atoms with Gasteiger partial charge in [0.2, 0.25) is 0 Å². The zero-order valence-corrected chi connectivity index (χ0v) is 12.8. The summed E-state index contributed by atoms with van der Waals surface area (Å²) in [5, 5.41) is -0.0581. The number of nitrogens with zero attached hydrogens (tertiary/aromatic N) is 2. The molecule has 0 aromatic carbocycles. The van der Waals surface area contributed by atoms with Crippen molar-refractivity contribution in [2.45, 2.75) is 38.5 Å². The molecule has 2 heterocycles. The second kappa shape index (κ2) is 5.65. The molecule has 0 aliphatic carbocycles. The molecule has 0 saturated carbocycles. The van der Waals surface area contributed by atoms with Crippen molar-refractivity contribution in [1.29, 1.82) is 0 Å². The van der Waals surface area contributed by atoms with Crippen molar-refractivity contribution in [2.24, 2.45) is 11.8 Å². The quantitative estimate of drug-likeness (QED) is 0.730. The van der Waals surface area contributed by atoms with Gasteiger partial charge in [-0.3, -0.25) is 0 Å². The first-order chi connectivity index (χ1) is 8.41. The predicted molar refractivity (Wildman–Crippen MR) is 73.9 cm³/mol. The molecule has 4 nitrogen and oxygen atoms in total. The summed E-state index contributed by atoms with van der Waals surface area (Å²) in [6.45, 7) is 6.65. The molecule has 0 radical (unpaired) electrons. The Morgan fingerprint density at radius 2 is 1.56 bits per heavy atom. The lowest BCUT2D eigenvalue weighted by atomic mass is 10.0. The number of hydrogen-bond donors (Lipinski definition) is 0. The van der Waals surface area contributed by atoms with Crippen LogP contribution >= 0.6 is 11.6 Å². The highest BCUT2D eigenvalue weighted by Gasteiger charge is 2.36. The number of rotatable bonds is 2. The Bertz CT molecular complexity index is 380. The van der Waals surface area contributed by atoms with Crippen molar-refractivity contribution >= 4 is 21.8 Å². The van der Waals surface area contributed by atoms with Gasteiger partial charge in [-0.25, -0.2) is 0 Å². The molecule has 2 rings (SSSR count). The van der Waals surface area contributed by atoms with Crippen LogP contribution < -0.4 is 0 Å². The Kier molecular flexibility index (Phi) is 4.57. The third kappa shape index (κ3) is 3.00. The normalized spacial score (nSPS) is 33.7. The minimum Gasteiger partial charge on any atom is -0.195 e. The Labute approximate surface area is 115 Å². The van der Waals surface area contributed by atoms with Crippen molar-refractivity contribution in [3.63, 3.8) is 0 Å². The van der Waals surface area contributed by atoms with Gasteiger partial charge >= 0.3 is 0 Å². The van der Waals surface area contributed by atoms with Crippen molar-refractivity contribution in [2.75, 3.05) is 26.2 Å². The summed E-state index contributed by atoms with van der Waals surface area (Å²) >= 11 is 6.21. The van der Waals surface area contributed by atoms with Gasteiger partial charge < -0.3 is 0 Å². The van der Waals surface area contributed by atoms with Crippen LogP contribution in [0.2, 0.25) is 0 Å². The lowest BCUT2D eigenvalue weighted by molar-refractivity contribution is 0.239. The van der Waals surface area contributed by atoms with E-state index in [0.29, 0.717) is 38.0 Å². The minimum atomic E-state index is -3.28. The molecule has 18 heavy (non-hydrogen) atoms. The van der Waals surface area contributed by atoms with E-state index in [0.717, 1.165) is 19.3 Å². The van der Waals surface area contributed by atoms with Crippen LogP contribution in [0.5, 0.6) is 0 Å². The van der Waals surface area contributed by atoms with Crippen molar-refractivity contribution < 1.29 is 8.42 Å². The van der Waals surface area contributed by atoms with Crippen LogP contribution in [0.3, 0.4) is 0 Å². The smallest absolute Gasteiger partial charge is 0.195 e. The third-order valence-electron chi connectivity index (χ3n) is 4.22. The second-order valence-corrected chi connectivity index (χ2v) is 8.22. The van der Waals surface area contributed by atoms with E-state index >= 15 is 0 Å². The Morgan fingerprint density at radius 1 is 1.00 bits per heavy atom. The fourth-order valence-electron chi connectivity index (χ4n) is 2.58. The van der Waals surface area contributed by atoms with Crippen molar-refractivity contribution in [3.8, 4) is 0 Å². The highest BCUT2D eigenvalue weighted by molar-refractivity contribution is 7.86. The average Bonchev–Trinajstić information content (AvgIpc) is 2.33. The average molecular weight is 295 g/mol. The van der Waals surface area contributed by atoms with Crippen molar-refractivity contribution in [1.82, 2.24) is 8.61 Å². The molecule has 0 spiro atoms. The maximum atomic E-state index is 12.5. The summed E-state index contributed by atoms with van der Waals surface area (Å²) in [5.41, 5.74) is 0. The maximum absolute atomic E-state index is 12.5. The molecule has 2 aliphatic heterocycles. The van der Waals surface area contributed by atoms with Gasteiger partial charge in [0.15, 0.2) is 0 Å². The van der Waals surface area contributed by atoms with Crippen LogP contribution in [-0.4, -0.2) is 48.6 Å². The molecule has 0 aromatic rings. The van der Waals surface area contributed by atoms with E-state index in [1.54, 1.807) is 8.61 Å². The largest absolute Gasteiger partial charge is 0.282 e. The minimum absolute atomic E-state index is 0.0581. The molecule has 2 aliphatic rings. The lowest BCUT2D eigenvalue weighted by Gasteiger charge is -2.38. The van der Waals surface area contributed by atoms with Crippen LogP contribution in [0.4, 0.5) is 0 Å². The molecular weight excluding hydrogens is 272 g/mol. The van der Waals surface area contributed by atoms with Crippen molar-refractivity contribution in [3.05, 3.63) is 0 Å². The van der Waals surface area contributed by atoms with E-state index in [4.69, 9.17) is 11.6 Å². The SMILES string of the molecule is CC1CCN(S(=O)(=O)N2CCC(C)C(Cl)C2)CC1. The molecule has 106 valence electrons. The number of hydrogen-bond acceptors (Lipinski definition) is 2. The van der Waals surface area contributed by atoms with Gasteiger partial charge in [-0.2, -0.15) is 17.0 Å². The maximum Gasteiger partial charge on any atom is 0.282 e. The third-order valence-corrected chi connectivity index (χ3v) is 6.79. The number of halogens is 1. The number of alkyl halides is 1. The van der Waals surface area contributed by atoms with Gasteiger partial charge in [-0.05, 0) is 31.1 Å². The van der Waals surface area contributed by atoms with E-state index in [9.17, 15) is 8.42 Å². The summed E-state index contributed by atoms with van der Waals surface area (Å²) in [4.78, 5) is 0. The van der Waals surface area contributed by atoms with E-state index in [2.05, 4.69) is 13.8 Å². The van der Waals surface area contributed by atoms with Gasteiger partial charge in [-0.15, -0.1) is 11.6 Å². The van der Waals surface area contributed by atoms with E-state index < -0.39 is 10.2 Å². The summed E-state index contributed by atoms with van der Waals surface area (Å²) in [6.07, 6.45) is 2.79. The van der Waals surface area contributed by atoms with Crippen LogP contribution in [0.25, 0.3) is 0 Å². The molecule has 6 heteroatoms. The standard InChI is InChI=1S/C12H23ClN2O2S/c1-10-3-6-14(7-4-10)18(16,17)15-8-5-11(2)12(13)9-15/h10-12H,3-9H2,1-2H3. The summed E-state index contributed by atoms with van der Waals surface area (Å²) < 4.78 is 28.2. The Hall–Kier alpha value is 0.160. The molecule has 2 fully saturated rings. The fraction of sp³-hybridized carbons (Fsp3) is 1.00. The molecule has 2 atom stereocenters. The molecule has 0 N–H and O–H groups in total. The first kappa shape index (κ1) is 14.6. The number of piperidine rings is 2. The van der Waals surface area contributed by atoms with Gasteiger partial charge in [0.25, 0.3) is 10.2 Å². The monoisotopic (exact) mass is 294 g/mol. The first-order valence-electron chi connectivity index (χ1n) is 6.80. The zero-order chi connectivity index (χ0) is 13.3. The first-order valence-corrected chi connectivity index (χ1v) is 8.64. The molecule has 2 unspecified atom stereocenters. The van der Waals surface area contributed by atoms with Crippen LogP contribution in [-0.2, 0) is 10.2 Å².